The summed E-state index contributed by atoms with van der Waals surface area (Å²) >= 11 is 0. The molecule has 0 saturated carbocycles. The molecule has 0 heterocycles. The Morgan fingerprint density at radius 1 is 0.319 bits per heavy atom. The topological polar surface area (TPSA) is 237 Å². The second kappa shape index (κ2) is 64.1. The van der Waals surface area contributed by atoms with Gasteiger partial charge < -0.3 is 33.8 Å². The van der Waals surface area contributed by atoms with Crippen LogP contribution in [0.5, 0.6) is 0 Å². The highest BCUT2D eigenvalue weighted by Crippen LogP contribution is 2.45. The lowest BCUT2D eigenvalue weighted by Crippen LogP contribution is -2.30. The van der Waals surface area contributed by atoms with E-state index in [-0.39, 0.29) is 25.7 Å². The van der Waals surface area contributed by atoms with Gasteiger partial charge >= 0.3 is 39.5 Å². The van der Waals surface area contributed by atoms with E-state index >= 15 is 0 Å². The zero-order chi connectivity index (χ0) is 67.2. The molecule has 0 radical (unpaired) electrons. The van der Waals surface area contributed by atoms with Crippen molar-refractivity contribution >= 4 is 39.5 Å². The van der Waals surface area contributed by atoms with Gasteiger partial charge in [0.2, 0.25) is 0 Å². The highest BCUT2D eigenvalue weighted by molar-refractivity contribution is 7.47. The Morgan fingerprint density at radius 3 is 0.835 bits per heavy atom. The second-order valence-electron chi connectivity index (χ2n) is 26.7. The SMILES string of the molecule is CCCCCCCCCCCCCCC(=O)O[C@H](COC(=O)CCCCCCCCCCCCC)COP(=O)(O)OC[C@H](O)COP(=O)(O)OC[C@@H](COC(=O)CCCCCCCCCCCCC(C)CC)OC(=O)CCCCCCCCCCCCCC(C)C. The van der Waals surface area contributed by atoms with E-state index in [2.05, 4.69) is 41.5 Å². The molecule has 19 heteroatoms. The van der Waals surface area contributed by atoms with Crippen LogP contribution in [0.25, 0.3) is 0 Å². The molecule has 0 aliphatic heterocycles. The number of unbranched alkanes of at least 4 members (excludes halogenated alkanes) is 40. The van der Waals surface area contributed by atoms with E-state index in [1.165, 1.54) is 186 Å². The molecule has 0 bridgehead atoms. The van der Waals surface area contributed by atoms with Gasteiger partial charge in [-0.1, -0.05) is 318 Å². The van der Waals surface area contributed by atoms with Crippen LogP contribution < -0.4 is 0 Å². The molecule has 0 amide bonds. The summed E-state index contributed by atoms with van der Waals surface area (Å²) in [6.07, 6.45) is 49.7. The second-order valence-corrected chi connectivity index (χ2v) is 29.6. The Kier molecular flexibility index (Phi) is 62.7. The van der Waals surface area contributed by atoms with E-state index in [9.17, 15) is 43.2 Å². The lowest BCUT2D eigenvalue weighted by atomic mass is 9.99. The first kappa shape index (κ1) is 89.1. The van der Waals surface area contributed by atoms with Crippen LogP contribution >= 0.6 is 15.6 Å². The number of carbonyl (C=O) groups excluding carboxylic acids is 4. The number of ether oxygens (including phenoxy) is 4. The summed E-state index contributed by atoms with van der Waals surface area (Å²) in [5.41, 5.74) is 0. The van der Waals surface area contributed by atoms with Crippen LogP contribution in [0.4, 0.5) is 0 Å². The summed E-state index contributed by atoms with van der Waals surface area (Å²) in [5, 5.41) is 10.6. The van der Waals surface area contributed by atoms with Crippen molar-refractivity contribution < 1.29 is 80.2 Å². The van der Waals surface area contributed by atoms with E-state index in [0.717, 1.165) is 102 Å². The molecule has 6 atom stereocenters. The molecule has 0 spiro atoms. The first-order chi connectivity index (χ1) is 43.9. The van der Waals surface area contributed by atoms with E-state index < -0.39 is 97.5 Å². The van der Waals surface area contributed by atoms with E-state index in [0.29, 0.717) is 25.7 Å². The molecule has 0 rings (SSSR count). The number of rotatable bonds is 71. The van der Waals surface area contributed by atoms with Crippen molar-refractivity contribution in [3.8, 4) is 0 Å². The number of hydrogen-bond acceptors (Lipinski definition) is 15. The Balaban J connectivity index is 5.26. The van der Waals surface area contributed by atoms with E-state index in [1.807, 2.05) is 0 Å². The maximum absolute atomic E-state index is 13.0. The van der Waals surface area contributed by atoms with Gasteiger partial charge in [0.05, 0.1) is 26.4 Å². The molecule has 0 aromatic carbocycles. The highest BCUT2D eigenvalue weighted by atomic mass is 31.2. The number of phosphoric ester groups is 2. The van der Waals surface area contributed by atoms with Crippen molar-refractivity contribution in [2.75, 3.05) is 39.6 Å². The predicted octanol–water partition coefficient (Wildman–Crippen LogP) is 20.8. The van der Waals surface area contributed by atoms with Gasteiger partial charge in [-0.3, -0.25) is 37.3 Å². The predicted molar refractivity (Wildman–Crippen MR) is 368 cm³/mol. The summed E-state index contributed by atoms with van der Waals surface area (Å²) in [6, 6.07) is 0. The van der Waals surface area contributed by atoms with Crippen LogP contribution in [-0.4, -0.2) is 96.7 Å². The number of aliphatic hydroxyl groups is 1. The van der Waals surface area contributed by atoms with Gasteiger partial charge in [-0.2, -0.15) is 0 Å². The minimum absolute atomic E-state index is 0.106. The smallest absolute Gasteiger partial charge is 0.462 e. The Labute approximate surface area is 556 Å². The summed E-state index contributed by atoms with van der Waals surface area (Å²) in [5.74, 6) is -0.544. The maximum atomic E-state index is 13.0. The molecule has 0 saturated heterocycles. The van der Waals surface area contributed by atoms with Crippen LogP contribution in [0, 0.1) is 11.8 Å². The summed E-state index contributed by atoms with van der Waals surface area (Å²) in [6.45, 7) is 9.59. The average Bonchev–Trinajstić information content (AvgIpc) is 2.95. The van der Waals surface area contributed by atoms with Gasteiger partial charge in [-0.25, -0.2) is 9.13 Å². The first-order valence-corrected chi connectivity index (χ1v) is 40.5. The van der Waals surface area contributed by atoms with Gasteiger partial charge in [-0.15, -0.1) is 0 Å². The quantitative estimate of drug-likeness (QED) is 0.0222. The number of phosphoric acid groups is 2. The third-order valence-corrected chi connectivity index (χ3v) is 19.0. The molecule has 3 N–H and O–H groups in total. The zero-order valence-electron chi connectivity index (χ0n) is 59.1. The van der Waals surface area contributed by atoms with Crippen LogP contribution in [-0.2, 0) is 65.4 Å². The minimum Gasteiger partial charge on any atom is -0.462 e. The zero-order valence-corrected chi connectivity index (χ0v) is 60.9. The summed E-state index contributed by atoms with van der Waals surface area (Å²) in [7, 11) is -9.90. The molecular formula is C72H140O17P2. The monoisotopic (exact) mass is 1340 g/mol. The molecular weight excluding hydrogens is 1200 g/mol. The van der Waals surface area contributed by atoms with Crippen molar-refractivity contribution in [2.45, 2.75) is 387 Å². The van der Waals surface area contributed by atoms with Crippen LogP contribution in [0.2, 0.25) is 0 Å². The molecule has 0 aromatic heterocycles. The Bertz CT molecular complexity index is 1770. The average molecular weight is 1340 g/mol. The third-order valence-electron chi connectivity index (χ3n) is 17.1. The lowest BCUT2D eigenvalue weighted by molar-refractivity contribution is -0.161. The lowest BCUT2D eigenvalue weighted by Gasteiger charge is -2.21. The van der Waals surface area contributed by atoms with Crippen molar-refractivity contribution in [2.24, 2.45) is 11.8 Å². The van der Waals surface area contributed by atoms with Crippen LogP contribution in [0.3, 0.4) is 0 Å². The molecule has 17 nitrogen and oxygen atoms in total. The minimum atomic E-state index is -4.95. The third kappa shape index (κ3) is 65.1. The van der Waals surface area contributed by atoms with Gasteiger partial charge in [0, 0.05) is 25.7 Å². The largest absolute Gasteiger partial charge is 0.472 e. The fourth-order valence-electron chi connectivity index (χ4n) is 10.9. The fraction of sp³-hybridized carbons (Fsp3) is 0.944. The summed E-state index contributed by atoms with van der Waals surface area (Å²) in [4.78, 5) is 72.6. The Morgan fingerprint density at radius 2 is 0.560 bits per heavy atom. The van der Waals surface area contributed by atoms with Gasteiger partial charge in [0.25, 0.3) is 0 Å². The molecule has 91 heavy (non-hydrogen) atoms. The first-order valence-electron chi connectivity index (χ1n) is 37.5. The normalized spacial score (nSPS) is 14.4. The molecule has 3 unspecified atom stereocenters. The number of hydrogen-bond donors (Lipinski definition) is 3. The number of aliphatic hydroxyl groups excluding tert-OH is 1. The van der Waals surface area contributed by atoms with Gasteiger partial charge in [0.15, 0.2) is 12.2 Å². The number of carbonyl (C=O) groups is 4. The van der Waals surface area contributed by atoms with Crippen LogP contribution in [0.15, 0.2) is 0 Å². The van der Waals surface area contributed by atoms with Crippen molar-refractivity contribution in [3.63, 3.8) is 0 Å². The van der Waals surface area contributed by atoms with Crippen molar-refractivity contribution in [1.82, 2.24) is 0 Å². The van der Waals surface area contributed by atoms with E-state index in [4.69, 9.17) is 37.0 Å². The molecule has 0 aromatic rings. The number of esters is 4. The van der Waals surface area contributed by atoms with Crippen molar-refractivity contribution in [1.29, 1.82) is 0 Å². The molecule has 540 valence electrons. The van der Waals surface area contributed by atoms with E-state index in [1.54, 1.807) is 0 Å². The fourth-order valence-corrected chi connectivity index (χ4v) is 12.5. The Hall–Kier alpha value is -1.94. The standard InChI is InChI=1S/C72H140O17P2/c1-7-10-12-14-16-18-20-24-32-38-44-50-56-71(76)88-67(60-82-69(74)54-48-42-36-30-22-19-17-15-13-11-8-2)62-86-90(78,79)84-58-66(73)59-85-91(80,81)87-63-68(89-72(77)57-51-45-39-33-25-21-23-28-34-40-46-52-64(4)5)61-83-70(75)55-49-43-37-31-27-26-29-35-41-47-53-65(6)9-3/h64-68,73H,7-63H2,1-6H3,(H,78,79)(H,80,81)/t65?,66-,67+,68+/m0/s1. The molecule has 0 aliphatic carbocycles. The summed E-state index contributed by atoms with van der Waals surface area (Å²) < 4.78 is 68.4. The van der Waals surface area contributed by atoms with Gasteiger partial charge in [0.1, 0.15) is 19.3 Å². The molecule has 0 aliphatic rings. The maximum Gasteiger partial charge on any atom is 0.472 e. The highest BCUT2D eigenvalue weighted by Gasteiger charge is 2.30. The van der Waals surface area contributed by atoms with Crippen molar-refractivity contribution in [3.05, 3.63) is 0 Å². The van der Waals surface area contributed by atoms with Crippen LogP contribution in [0.1, 0.15) is 369 Å². The molecule has 0 fully saturated rings. The van der Waals surface area contributed by atoms with Gasteiger partial charge in [-0.05, 0) is 37.5 Å².